The summed E-state index contributed by atoms with van der Waals surface area (Å²) in [6.45, 7) is 5.31. The normalized spacial score (nSPS) is 18.4. The third-order valence-electron chi connectivity index (χ3n) is 4.91. The summed E-state index contributed by atoms with van der Waals surface area (Å²) in [6, 6.07) is 4.85. The summed E-state index contributed by atoms with van der Waals surface area (Å²) in [5, 5.41) is 0.745. The molecule has 0 atom stereocenters. The number of benzene rings is 1. The van der Waals surface area contributed by atoms with Crippen molar-refractivity contribution >= 4 is 41.0 Å². The van der Waals surface area contributed by atoms with Gasteiger partial charge in [0.1, 0.15) is 0 Å². The molecule has 0 unspecified atom stereocenters. The Morgan fingerprint density at radius 3 is 2.76 bits per heavy atom. The van der Waals surface area contributed by atoms with Crippen LogP contribution in [-0.2, 0) is 0 Å². The van der Waals surface area contributed by atoms with Crippen LogP contribution in [0, 0.1) is 0 Å². The topological polar surface area (TPSA) is 97.1 Å². The number of aliphatic imine (C=N–C) groups is 2. The van der Waals surface area contributed by atoms with Crippen molar-refractivity contribution in [3.8, 4) is 0 Å². The van der Waals surface area contributed by atoms with Gasteiger partial charge in [-0.3, -0.25) is 14.8 Å². The lowest BCUT2D eigenvalue weighted by Gasteiger charge is -2.30. The molecule has 4 N–H and O–H groups in total. The van der Waals surface area contributed by atoms with Crippen molar-refractivity contribution in [2.45, 2.75) is 12.8 Å². The third kappa shape index (κ3) is 4.54. The monoisotopic (exact) mass is 431 g/mol. The molecule has 152 valence electrons. The van der Waals surface area contributed by atoms with Gasteiger partial charge >= 0.3 is 0 Å². The second-order valence-corrected chi connectivity index (χ2v) is 7.84. The molecular formula is C21H23Cl2N5O. The summed E-state index contributed by atoms with van der Waals surface area (Å²) < 4.78 is 0. The SMILES string of the molecule is C=C1CN=C(C2=C(N)CCN(C(=O)c3ccc(Cl)c(Cl)c3)C2)C(N)=C(C=NC)C1. The van der Waals surface area contributed by atoms with Gasteiger partial charge in [-0.25, -0.2) is 0 Å². The molecule has 1 aromatic carbocycles. The van der Waals surface area contributed by atoms with Crippen molar-refractivity contribution in [1.29, 1.82) is 0 Å². The number of nitrogens with zero attached hydrogens (tertiary/aromatic N) is 3. The van der Waals surface area contributed by atoms with E-state index in [1.807, 2.05) is 0 Å². The Kier molecular flexibility index (Phi) is 6.45. The minimum absolute atomic E-state index is 0.148. The van der Waals surface area contributed by atoms with Gasteiger partial charge in [-0.05, 0) is 30.2 Å². The van der Waals surface area contributed by atoms with Crippen LogP contribution in [0.4, 0.5) is 0 Å². The van der Waals surface area contributed by atoms with Gasteiger partial charge in [-0.1, -0.05) is 35.4 Å². The van der Waals surface area contributed by atoms with Crippen LogP contribution in [0.3, 0.4) is 0 Å². The average molecular weight is 432 g/mol. The maximum absolute atomic E-state index is 13.0. The number of carbonyl (C=O) groups is 1. The van der Waals surface area contributed by atoms with Crippen molar-refractivity contribution in [3.63, 3.8) is 0 Å². The Hall–Kier alpha value is -2.57. The molecule has 3 rings (SSSR count). The van der Waals surface area contributed by atoms with Crippen LogP contribution in [0.2, 0.25) is 10.0 Å². The number of allylic oxidation sites excluding steroid dienone is 2. The first kappa shape index (κ1) is 21.1. The Labute approximate surface area is 180 Å². The second kappa shape index (κ2) is 8.84. The highest BCUT2D eigenvalue weighted by atomic mass is 35.5. The Balaban J connectivity index is 1.93. The molecule has 6 nitrogen and oxygen atoms in total. The van der Waals surface area contributed by atoms with Crippen LogP contribution < -0.4 is 11.5 Å². The summed E-state index contributed by atoms with van der Waals surface area (Å²) in [6.07, 6.45) is 2.86. The predicted octanol–water partition coefficient (Wildman–Crippen LogP) is 3.37. The maximum atomic E-state index is 13.0. The first-order valence-corrected chi connectivity index (χ1v) is 9.91. The van der Waals surface area contributed by atoms with Gasteiger partial charge in [0.25, 0.3) is 5.91 Å². The fourth-order valence-electron chi connectivity index (χ4n) is 3.37. The zero-order chi connectivity index (χ0) is 21.1. The van der Waals surface area contributed by atoms with E-state index in [0.29, 0.717) is 65.2 Å². The van der Waals surface area contributed by atoms with E-state index < -0.39 is 0 Å². The van der Waals surface area contributed by atoms with Gasteiger partial charge in [0.2, 0.25) is 0 Å². The van der Waals surface area contributed by atoms with Gasteiger partial charge in [0.05, 0.1) is 28.0 Å². The van der Waals surface area contributed by atoms with Crippen LogP contribution in [0.5, 0.6) is 0 Å². The number of amides is 1. The van der Waals surface area contributed by atoms with E-state index in [9.17, 15) is 4.79 Å². The van der Waals surface area contributed by atoms with Crippen LogP contribution in [-0.4, -0.2) is 49.4 Å². The van der Waals surface area contributed by atoms with Gasteiger partial charge in [-0.15, -0.1) is 0 Å². The lowest BCUT2D eigenvalue weighted by molar-refractivity contribution is 0.0766. The molecule has 2 heterocycles. The molecule has 0 fully saturated rings. The number of hydrogen-bond acceptors (Lipinski definition) is 5. The molecule has 0 aromatic heterocycles. The standard InChI is InChI=1S/C21H23Cl2N5O/c1-12-7-14(10-26-2)19(25)20(27-9-12)15-11-28(6-5-18(15)24)21(29)13-3-4-16(22)17(23)8-13/h3-4,8,10H,1,5-7,9,11,24-25H2,2H3. The Bertz CT molecular complexity index is 991. The quantitative estimate of drug-likeness (QED) is 0.566. The second-order valence-electron chi connectivity index (χ2n) is 7.03. The molecule has 1 amide bonds. The highest BCUT2D eigenvalue weighted by Crippen LogP contribution is 2.26. The van der Waals surface area contributed by atoms with Crippen molar-refractivity contribution in [2.75, 3.05) is 26.7 Å². The van der Waals surface area contributed by atoms with E-state index in [2.05, 4.69) is 16.6 Å². The van der Waals surface area contributed by atoms with Crippen molar-refractivity contribution in [2.24, 2.45) is 21.5 Å². The molecule has 29 heavy (non-hydrogen) atoms. The molecular weight excluding hydrogens is 409 g/mol. The average Bonchev–Trinajstić information content (AvgIpc) is 2.83. The molecule has 0 saturated heterocycles. The van der Waals surface area contributed by atoms with E-state index in [1.165, 1.54) is 0 Å². The van der Waals surface area contributed by atoms with Crippen LogP contribution in [0.25, 0.3) is 0 Å². The third-order valence-corrected chi connectivity index (χ3v) is 5.65. The van der Waals surface area contributed by atoms with Crippen LogP contribution >= 0.6 is 23.2 Å². The number of halogens is 2. The Morgan fingerprint density at radius 1 is 1.31 bits per heavy atom. The highest BCUT2D eigenvalue weighted by molar-refractivity contribution is 6.42. The smallest absolute Gasteiger partial charge is 0.254 e. The van der Waals surface area contributed by atoms with Gasteiger partial charge in [-0.2, -0.15) is 0 Å². The maximum Gasteiger partial charge on any atom is 0.254 e. The van der Waals surface area contributed by atoms with Gasteiger partial charge in [0, 0.05) is 49.6 Å². The first-order chi connectivity index (χ1) is 13.8. The fraction of sp³-hybridized carbons (Fsp3) is 0.286. The molecule has 2 aliphatic rings. The molecule has 2 aliphatic heterocycles. The van der Waals surface area contributed by atoms with E-state index in [1.54, 1.807) is 36.4 Å². The largest absolute Gasteiger partial charge is 0.402 e. The zero-order valence-corrected chi connectivity index (χ0v) is 17.7. The summed E-state index contributed by atoms with van der Waals surface area (Å²) in [7, 11) is 1.69. The van der Waals surface area contributed by atoms with Crippen molar-refractivity contribution < 1.29 is 4.79 Å². The minimum Gasteiger partial charge on any atom is -0.402 e. The van der Waals surface area contributed by atoms with Crippen LogP contribution in [0.15, 0.2) is 62.9 Å². The number of nitrogens with two attached hydrogens (primary N) is 2. The lowest BCUT2D eigenvalue weighted by atomic mass is 9.96. The van der Waals surface area contributed by atoms with Gasteiger partial charge in [0.15, 0.2) is 0 Å². The molecule has 1 aromatic rings. The molecule has 0 aliphatic carbocycles. The van der Waals surface area contributed by atoms with E-state index in [-0.39, 0.29) is 5.91 Å². The van der Waals surface area contributed by atoms with Gasteiger partial charge < -0.3 is 16.4 Å². The zero-order valence-electron chi connectivity index (χ0n) is 16.2. The lowest BCUT2D eigenvalue weighted by Crippen LogP contribution is -2.41. The molecule has 0 bridgehead atoms. The summed E-state index contributed by atoms with van der Waals surface area (Å²) >= 11 is 12.0. The van der Waals surface area contributed by atoms with E-state index in [4.69, 9.17) is 34.7 Å². The van der Waals surface area contributed by atoms with Crippen molar-refractivity contribution in [3.05, 3.63) is 68.5 Å². The molecule has 8 heteroatoms. The van der Waals surface area contributed by atoms with Crippen LogP contribution in [0.1, 0.15) is 23.2 Å². The predicted molar refractivity (Wildman–Crippen MR) is 120 cm³/mol. The number of rotatable bonds is 3. The van der Waals surface area contributed by atoms with Crippen molar-refractivity contribution in [1.82, 2.24) is 4.90 Å². The summed E-state index contributed by atoms with van der Waals surface area (Å²) in [5.41, 5.74) is 17.6. The van der Waals surface area contributed by atoms with E-state index >= 15 is 0 Å². The summed E-state index contributed by atoms with van der Waals surface area (Å²) in [4.78, 5) is 23.5. The highest BCUT2D eigenvalue weighted by Gasteiger charge is 2.28. The van der Waals surface area contributed by atoms with E-state index in [0.717, 1.165) is 16.7 Å². The number of carbonyl (C=O) groups excluding carboxylic acids is 1. The Morgan fingerprint density at radius 2 is 2.07 bits per heavy atom. The molecule has 0 saturated carbocycles. The first-order valence-electron chi connectivity index (χ1n) is 9.16. The number of hydrogen-bond donors (Lipinski definition) is 2. The fourth-order valence-corrected chi connectivity index (χ4v) is 3.67. The molecule has 0 radical (unpaired) electrons. The minimum atomic E-state index is -0.148. The summed E-state index contributed by atoms with van der Waals surface area (Å²) in [5.74, 6) is -0.148. The molecule has 0 spiro atoms.